The molecule has 6 nitrogen and oxygen atoms in total. The molecule has 0 fully saturated rings. The Morgan fingerprint density at radius 3 is 2.64 bits per heavy atom. The molecule has 4 N–H and O–H groups in total. The monoisotopic (exact) mass is 298 g/mol. The third kappa shape index (κ3) is 4.05. The van der Waals surface area contributed by atoms with Crippen LogP contribution in [0.4, 0.5) is 10.5 Å². The molecule has 114 valence electrons. The fraction of sp³-hybridized carbons (Fsp3) is 0.188. The zero-order chi connectivity index (χ0) is 16.1. The Morgan fingerprint density at radius 1 is 1.18 bits per heavy atom. The zero-order valence-corrected chi connectivity index (χ0v) is 12.5. The summed E-state index contributed by atoms with van der Waals surface area (Å²) in [4.78, 5) is 27.4. The summed E-state index contributed by atoms with van der Waals surface area (Å²) >= 11 is 0. The second kappa shape index (κ2) is 6.71. The number of carbonyl (C=O) groups is 2. The maximum Gasteiger partial charge on any atom is 0.319 e. The van der Waals surface area contributed by atoms with Crippen LogP contribution in [0.2, 0.25) is 0 Å². The number of carbonyl (C=O) groups excluding carboxylic acids is 2. The zero-order valence-electron chi connectivity index (χ0n) is 12.5. The van der Waals surface area contributed by atoms with Crippen molar-refractivity contribution in [2.75, 3.05) is 5.32 Å². The number of primary amides is 1. The summed E-state index contributed by atoms with van der Waals surface area (Å²) < 4.78 is 0. The summed E-state index contributed by atoms with van der Waals surface area (Å²) in [6, 6.07) is 10.2. The molecular formula is C16H18N4O2. The molecule has 0 aliphatic rings. The molecule has 0 spiro atoms. The van der Waals surface area contributed by atoms with Crippen LogP contribution in [0.1, 0.15) is 27.3 Å². The van der Waals surface area contributed by atoms with Crippen LogP contribution in [0.3, 0.4) is 0 Å². The van der Waals surface area contributed by atoms with Crippen LogP contribution >= 0.6 is 0 Å². The lowest BCUT2D eigenvalue weighted by Crippen LogP contribution is -2.29. The first-order valence-electron chi connectivity index (χ1n) is 6.83. The summed E-state index contributed by atoms with van der Waals surface area (Å²) in [5.74, 6) is -0.535. The number of hydrogen-bond donors (Lipinski definition) is 3. The van der Waals surface area contributed by atoms with Crippen LogP contribution in [0, 0.1) is 13.8 Å². The Bertz CT molecular complexity index is 713. The van der Waals surface area contributed by atoms with Gasteiger partial charge in [-0.3, -0.25) is 9.78 Å². The molecule has 22 heavy (non-hydrogen) atoms. The van der Waals surface area contributed by atoms with Crippen LogP contribution in [-0.2, 0) is 6.54 Å². The lowest BCUT2D eigenvalue weighted by molar-refractivity contribution is 0.100. The van der Waals surface area contributed by atoms with Gasteiger partial charge in [-0.2, -0.15) is 0 Å². The standard InChI is InChI=1S/C16H18N4O2/c1-10-6-7-12(15(17)21)8-14(10)20-16(22)18-9-13-5-3-4-11(2)19-13/h3-8H,9H2,1-2H3,(H2,17,21)(H2,18,20,22). The number of nitrogens with one attached hydrogen (secondary N) is 2. The molecule has 2 rings (SSSR count). The van der Waals surface area contributed by atoms with Gasteiger partial charge < -0.3 is 16.4 Å². The van der Waals surface area contributed by atoms with Crippen molar-refractivity contribution in [3.05, 3.63) is 58.9 Å². The summed E-state index contributed by atoms with van der Waals surface area (Å²) in [5.41, 5.74) is 8.64. The van der Waals surface area contributed by atoms with Gasteiger partial charge in [0, 0.05) is 16.9 Å². The number of nitrogens with zero attached hydrogens (tertiary/aromatic N) is 1. The molecule has 0 aliphatic heterocycles. The van der Waals surface area contributed by atoms with Crippen LogP contribution < -0.4 is 16.4 Å². The molecule has 0 radical (unpaired) electrons. The Labute approximate surface area is 128 Å². The van der Waals surface area contributed by atoms with Gasteiger partial charge in [0.2, 0.25) is 5.91 Å². The number of hydrogen-bond acceptors (Lipinski definition) is 3. The number of rotatable bonds is 4. The Kier molecular flexibility index (Phi) is 4.73. The van der Waals surface area contributed by atoms with E-state index in [-0.39, 0.29) is 6.03 Å². The number of benzene rings is 1. The molecular weight excluding hydrogens is 280 g/mol. The van der Waals surface area contributed by atoms with Crippen LogP contribution in [-0.4, -0.2) is 16.9 Å². The van der Waals surface area contributed by atoms with Crippen molar-refractivity contribution < 1.29 is 9.59 Å². The predicted octanol–water partition coefficient (Wildman–Crippen LogP) is 2.12. The molecule has 1 heterocycles. The highest BCUT2D eigenvalue weighted by atomic mass is 16.2. The van der Waals surface area contributed by atoms with Gasteiger partial charge in [0.1, 0.15) is 0 Å². The second-order valence-electron chi connectivity index (χ2n) is 4.97. The lowest BCUT2D eigenvalue weighted by Gasteiger charge is -2.11. The molecule has 6 heteroatoms. The van der Waals surface area contributed by atoms with Gasteiger partial charge in [-0.05, 0) is 43.7 Å². The number of aryl methyl sites for hydroxylation is 2. The molecule has 0 aliphatic carbocycles. The number of pyridine rings is 1. The quantitative estimate of drug-likeness (QED) is 0.806. The molecule has 0 saturated carbocycles. The molecule has 1 aromatic carbocycles. The van der Waals surface area contributed by atoms with Crippen molar-refractivity contribution in [3.63, 3.8) is 0 Å². The topological polar surface area (TPSA) is 97.1 Å². The van der Waals surface area contributed by atoms with Gasteiger partial charge in [-0.25, -0.2) is 4.79 Å². The minimum absolute atomic E-state index is 0.321. The normalized spacial score (nSPS) is 10.1. The largest absolute Gasteiger partial charge is 0.366 e. The predicted molar refractivity (Wildman–Crippen MR) is 84.5 cm³/mol. The van der Waals surface area contributed by atoms with Crippen LogP contribution in [0.15, 0.2) is 36.4 Å². The van der Waals surface area contributed by atoms with E-state index in [2.05, 4.69) is 15.6 Å². The summed E-state index contributed by atoms with van der Waals surface area (Å²) in [7, 11) is 0. The van der Waals surface area contributed by atoms with E-state index in [9.17, 15) is 9.59 Å². The van der Waals surface area contributed by atoms with Gasteiger partial charge in [-0.15, -0.1) is 0 Å². The van der Waals surface area contributed by atoms with Gasteiger partial charge in [0.15, 0.2) is 0 Å². The number of amides is 3. The highest BCUT2D eigenvalue weighted by Crippen LogP contribution is 2.16. The van der Waals surface area contributed by atoms with E-state index in [1.807, 2.05) is 32.0 Å². The van der Waals surface area contributed by atoms with E-state index < -0.39 is 5.91 Å². The maximum atomic E-state index is 11.9. The van der Waals surface area contributed by atoms with Gasteiger partial charge in [0.05, 0.1) is 12.2 Å². The van der Waals surface area contributed by atoms with E-state index in [0.29, 0.717) is 17.8 Å². The van der Waals surface area contributed by atoms with E-state index in [1.54, 1.807) is 18.2 Å². The molecule has 0 bridgehead atoms. The summed E-state index contributed by atoms with van der Waals surface area (Å²) in [6.45, 7) is 4.05. The average Bonchev–Trinajstić information content (AvgIpc) is 2.47. The smallest absolute Gasteiger partial charge is 0.319 e. The second-order valence-corrected chi connectivity index (χ2v) is 4.97. The first-order valence-corrected chi connectivity index (χ1v) is 6.83. The van der Waals surface area contributed by atoms with Crippen molar-refractivity contribution in [2.24, 2.45) is 5.73 Å². The van der Waals surface area contributed by atoms with Gasteiger partial charge in [0.25, 0.3) is 0 Å². The summed E-state index contributed by atoms with van der Waals surface area (Å²) in [6.07, 6.45) is 0. The van der Waals surface area contributed by atoms with Crippen molar-refractivity contribution >= 4 is 17.6 Å². The Balaban J connectivity index is 2.00. The van der Waals surface area contributed by atoms with Crippen molar-refractivity contribution in [2.45, 2.75) is 20.4 Å². The third-order valence-corrected chi connectivity index (χ3v) is 3.15. The van der Waals surface area contributed by atoms with Crippen molar-refractivity contribution in [3.8, 4) is 0 Å². The van der Waals surface area contributed by atoms with E-state index >= 15 is 0 Å². The molecule has 3 amide bonds. The fourth-order valence-corrected chi connectivity index (χ4v) is 1.95. The fourth-order valence-electron chi connectivity index (χ4n) is 1.95. The SMILES string of the molecule is Cc1cccc(CNC(=O)Nc2cc(C(N)=O)ccc2C)n1. The first kappa shape index (κ1) is 15.5. The summed E-state index contributed by atoms with van der Waals surface area (Å²) in [5, 5.41) is 5.43. The van der Waals surface area contributed by atoms with Crippen molar-refractivity contribution in [1.82, 2.24) is 10.3 Å². The highest BCUT2D eigenvalue weighted by molar-refractivity contribution is 5.96. The molecule has 1 aromatic heterocycles. The number of anilines is 1. The van der Waals surface area contributed by atoms with E-state index in [0.717, 1.165) is 17.0 Å². The maximum absolute atomic E-state index is 11.9. The van der Waals surface area contributed by atoms with Gasteiger partial charge in [-0.1, -0.05) is 12.1 Å². The molecule has 0 atom stereocenters. The minimum Gasteiger partial charge on any atom is -0.366 e. The number of urea groups is 1. The van der Waals surface area contributed by atoms with E-state index in [4.69, 9.17) is 5.73 Å². The molecule has 2 aromatic rings. The third-order valence-electron chi connectivity index (χ3n) is 3.15. The van der Waals surface area contributed by atoms with Crippen LogP contribution in [0.25, 0.3) is 0 Å². The highest BCUT2D eigenvalue weighted by Gasteiger charge is 2.08. The average molecular weight is 298 g/mol. The van der Waals surface area contributed by atoms with E-state index in [1.165, 1.54) is 0 Å². The first-order chi connectivity index (χ1) is 10.5. The van der Waals surface area contributed by atoms with Crippen LogP contribution in [0.5, 0.6) is 0 Å². The number of aromatic nitrogens is 1. The lowest BCUT2D eigenvalue weighted by atomic mass is 10.1. The Morgan fingerprint density at radius 2 is 1.95 bits per heavy atom. The Hall–Kier alpha value is -2.89. The van der Waals surface area contributed by atoms with Crippen molar-refractivity contribution in [1.29, 1.82) is 0 Å². The number of nitrogens with two attached hydrogens (primary N) is 1. The molecule has 0 unspecified atom stereocenters. The van der Waals surface area contributed by atoms with Gasteiger partial charge >= 0.3 is 6.03 Å². The molecule has 0 saturated heterocycles. The minimum atomic E-state index is -0.535.